The van der Waals surface area contributed by atoms with Crippen LogP contribution in [0.1, 0.15) is 46.5 Å². The monoisotopic (exact) mass is 257 g/mol. The summed E-state index contributed by atoms with van der Waals surface area (Å²) in [5.74, 6) is 0.651. The van der Waals surface area contributed by atoms with Gasteiger partial charge in [0.2, 0.25) is 0 Å². The smallest absolute Gasteiger partial charge is 0.136 e. The number of hydrogen-bond acceptors (Lipinski definition) is 3. The molecule has 2 unspecified atom stereocenters. The Kier molecular flexibility index (Phi) is 4.06. The van der Waals surface area contributed by atoms with Crippen LogP contribution in [0, 0.1) is 5.92 Å². The van der Waals surface area contributed by atoms with Gasteiger partial charge >= 0.3 is 0 Å². The fourth-order valence-electron chi connectivity index (χ4n) is 2.05. The fraction of sp³-hybridized carbons (Fsp3) is 0.846. The Morgan fingerprint density at radius 2 is 2.06 bits per heavy atom. The Labute approximate surface area is 107 Å². The maximum atomic E-state index is 12.2. The lowest BCUT2D eigenvalue weighted by Crippen LogP contribution is -2.51. The zero-order chi connectivity index (χ0) is 12.5. The van der Waals surface area contributed by atoms with Crippen LogP contribution < -0.4 is 4.72 Å². The van der Waals surface area contributed by atoms with Crippen LogP contribution >= 0.6 is 0 Å². The molecule has 3 atom stereocenters. The summed E-state index contributed by atoms with van der Waals surface area (Å²) in [5, 5.41) is 0. The van der Waals surface area contributed by atoms with Crippen molar-refractivity contribution in [1.29, 1.82) is 0 Å². The largest absolute Gasteiger partial charge is 0.598 e. The normalized spacial score (nSPS) is 28.6. The Hall–Kier alpha value is -0.190. The van der Waals surface area contributed by atoms with Gasteiger partial charge in [-0.2, -0.15) is 0 Å². The van der Waals surface area contributed by atoms with Crippen molar-refractivity contribution in [3.63, 3.8) is 0 Å². The molecule has 2 rings (SSSR count). The molecule has 0 aromatic carbocycles. The van der Waals surface area contributed by atoms with Gasteiger partial charge in [-0.25, -0.2) is 0 Å². The molecule has 1 aliphatic carbocycles. The average molecular weight is 257 g/mol. The van der Waals surface area contributed by atoms with Crippen molar-refractivity contribution in [2.45, 2.75) is 63.3 Å². The third-order valence-electron chi connectivity index (χ3n) is 3.30. The predicted octanol–water partition coefficient (Wildman–Crippen LogP) is 2.51. The minimum atomic E-state index is -1.00. The highest BCUT2D eigenvalue weighted by atomic mass is 32.2. The molecule has 3 nitrogen and oxygen atoms in total. The third-order valence-corrected chi connectivity index (χ3v) is 4.90. The molecule has 0 radical (unpaired) electrons. The lowest BCUT2D eigenvalue weighted by molar-refractivity contribution is 0.0858. The van der Waals surface area contributed by atoms with E-state index in [1.807, 2.05) is 20.8 Å². The number of hydrogen-bond donors (Lipinski definition) is 1. The Bertz CT molecular complexity index is 284. The van der Waals surface area contributed by atoms with Crippen LogP contribution in [-0.4, -0.2) is 21.4 Å². The van der Waals surface area contributed by atoms with Gasteiger partial charge in [-0.1, -0.05) is 0 Å². The summed E-state index contributed by atoms with van der Waals surface area (Å²) in [5.41, 5.74) is 0. The zero-order valence-electron chi connectivity index (χ0n) is 10.9. The van der Waals surface area contributed by atoms with Crippen LogP contribution in [0.4, 0.5) is 0 Å². The topological polar surface area (TPSA) is 44.3 Å². The molecule has 0 spiro atoms. The van der Waals surface area contributed by atoms with Crippen LogP contribution in [0.25, 0.3) is 0 Å². The predicted molar refractivity (Wildman–Crippen MR) is 70.8 cm³/mol. The SMILES string of the molecule is CC(C)(C)[S+]([O-])N[C@@H](C1CC1)C1CCC=CO1. The minimum Gasteiger partial charge on any atom is -0.598 e. The van der Waals surface area contributed by atoms with E-state index < -0.39 is 11.4 Å². The van der Waals surface area contributed by atoms with Crippen molar-refractivity contribution < 1.29 is 9.29 Å². The number of ether oxygens (including phenoxy) is 1. The molecule has 1 aliphatic heterocycles. The van der Waals surface area contributed by atoms with Crippen molar-refractivity contribution in [1.82, 2.24) is 4.72 Å². The molecule has 2 aliphatic rings. The minimum absolute atomic E-state index is 0.193. The lowest BCUT2D eigenvalue weighted by atomic mass is 10.0. The van der Waals surface area contributed by atoms with E-state index in [2.05, 4.69) is 10.8 Å². The van der Waals surface area contributed by atoms with Gasteiger partial charge in [0.15, 0.2) is 0 Å². The molecule has 98 valence electrons. The van der Waals surface area contributed by atoms with Crippen LogP contribution in [0.2, 0.25) is 0 Å². The van der Waals surface area contributed by atoms with E-state index in [9.17, 15) is 4.55 Å². The molecular formula is C13H23NO2S. The molecule has 17 heavy (non-hydrogen) atoms. The molecule has 0 saturated heterocycles. The van der Waals surface area contributed by atoms with E-state index >= 15 is 0 Å². The molecule has 0 bridgehead atoms. The molecular weight excluding hydrogens is 234 g/mol. The number of allylic oxidation sites excluding steroid dienone is 1. The van der Waals surface area contributed by atoms with Crippen molar-refractivity contribution in [3.8, 4) is 0 Å². The van der Waals surface area contributed by atoms with Gasteiger partial charge < -0.3 is 9.29 Å². The van der Waals surface area contributed by atoms with E-state index in [0.29, 0.717) is 5.92 Å². The van der Waals surface area contributed by atoms with Crippen LogP contribution in [0.15, 0.2) is 12.3 Å². The maximum Gasteiger partial charge on any atom is 0.136 e. The second-order valence-electron chi connectivity index (χ2n) is 5.99. The van der Waals surface area contributed by atoms with Gasteiger partial charge in [-0.05, 0) is 58.4 Å². The lowest BCUT2D eigenvalue weighted by Gasteiger charge is -2.32. The van der Waals surface area contributed by atoms with Gasteiger partial charge in [0.25, 0.3) is 0 Å². The number of nitrogens with one attached hydrogen (secondary N) is 1. The second kappa shape index (κ2) is 5.21. The quantitative estimate of drug-likeness (QED) is 0.787. The van der Waals surface area contributed by atoms with Crippen molar-refractivity contribution in [2.75, 3.05) is 0 Å². The van der Waals surface area contributed by atoms with Gasteiger partial charge in [-0.15, -0.1) is 4.72 Å². The van der Waals surface area contributed by atoms with Gasteiger partial charge in [-0.3, -0.25) is 0 Å². The third kappa shape index (κ3) is 3.63. The molecule has 0 aromatic rings. The Balaban J connectivity index is 1.95. The van der Waals surface area contributed by atoms with E-state index in [1.54, 1.807) is 6.26 Å². The highest BCUT2D eigenvalue weighted by Crippen LogP contribution is 2.37. The van der Waals surface area contributed by atoms with Crippen LogP contribution in [0.3, 0.4) is 0 Å². The first-order chi connectivity index (χ1) is 7.98. The summed E-state index contributed by atoms with van der Waals surface area (Å²) < 4.78 is 20.9. The standard InChI is InChI=1S/C13H23NO2S/c1-13(2,3)17(15)14-12(10-7-8-10)11-6-4-5-9-16-11/h5,9-12,14H,4,6-8H2,1-3H3/t11?,12-,17?/m0/s1. The summed E-state index contributed by atoms with van der Waals surface area (Å²) in [6.45, 7) is 6.01. The molecule has 1 heterocycles. The van der Waals surface area contributed by atoms with Crippen LogP contribution in [-0.2, 0) is 16.1 Å². The molecule has 1 saturated carbocycles. The van der Waals surface area contributed by atoms with Crippen LogP contribution in [0.5, 0.6) is 0 Å². The first kappa shape index (κ1) is 13.2. The first-order valence-corrected chi connectivity index (χ1v) is 7.62. The summed E-state index contributed by atoms with van der Waals surface area (Å²) in [4.78, 5) is 0. The molecule has 0 amide bonds. The van der Waals surface area contributed by atoms with Crippen molar-refractivity contribution >= 4 is 11.4 Å². The molecule has 4 heteroatoms. The highest BCUT2D eigenvalue weighted by molar-refractivity contribution is 7.90. The Morgan fingerprint density at radius 1 is 1.35 bits per heavy atom. The Morgan fingerprint density at radius 3 is 2.53 bits per heavy atom. The van der Waals surface area contributed by atoms with Gasteiger partial charge in [0, 0.05) is 11.4 Å². The molecule has 1 fully saturated rings. The van der Waals surface area contributed by atoms with Gasteiger partial charge in [0.1, 0.15) is 10.9 Å². The van der Waals surface area contributed by atoms with Crippen molar-refractivity contribution in [2.24, 2.45) is 5.92 Å². The van der Waals surface area contributed by atoms with E-state index in [-0.39, 0.29) is 16.9 Å². The zero-order valence-corrected chi connectivity index (χ0v) is 11.8. The summed E-state index contributed by atoms with van der Waals surface area (Å²) in [6, 6.07) is 0.250. The average Bonchev–Trinajstić information content (AvgIpc) is 3.09. The summed E-state index contributed by atoms with van der Waals surface area (Å²) in [6.07, 6.45) is 8.63. The molecule has 0 aromatic heterocycles. The van der Waals surface area contributed by atoms with E-state index in [0.717, 1.165) is 12.8 Å². The summed E-state index contributed by atoms with van der Waals surface area (Å²) >= 11 is -1.00. The second-order valence-corrected chi connectivity index (χ2v) is 7.98. The first-order valence-electron chi connectivity index (χ1n) is 6.47. The highest BCUT2D eigenvalue weighted by Gasteiger charge is 2.42. The number of rotatable bonds is 4. The summed E-state index contributed by atoms with van der Waals surface area (Å²) in [7, 11) is 0. The van der Waals surface area contributed by atoms with E-state index in [1.165, 1.54) is 12.8 Å². The van der Waals surface area contributed by atoms with E-state index in [4.69, 9.17) is 4.74 Å². The van der Waals surface area contributed by atoms with Crippen molar-refractivity contribution in [3.05, 3.63) is 12.3 Å². The maximum absolute atomic E-state index is 12.2. The fourth-order valence-corrected chi connectivity index (χ4v) is 2.99. The molecule has 1 N–H and O–H groups in total. The van der Waals surface area contributed by atoms with Gasteiger partial charge in [0.05, 0.1) is 12.3 Å².